The van der Waals surface area contributed by atoms with Crippen LogP contribution in [0, 0.1) is 17.8 Å². The van der Waals surface area contributed by atoms with Crippen molar-refractivity contribution in [3.05, 3.63) is 18.0 Å². The molecule has 2 aromatic rings. The summed E-state index contributed by atoms with van der Waals surface area (Å²) in [7, 11) is 0. The molecule has 2 heterocycles. The van der Waals surface area contributed by atoms with E-state index in [-0.39, 0.29) is 0 Å². The number of hydrogen-bond donors (Lipinski definition) is 1. The molecule has 2 N–H and O–H groups in total. The Labute approximate surface area is 129 Å². The number of allylic oxidation sites excluding steroid dienone is 2. The molecular weight excluding hydrogens is 276 g/mol. The van der Waals surface area contributed by atoms with Crippen LogP contribution in [0.3, 0.4) is 0 Å². The van der Waals surface area contributed by atoms with Crippen LogP contribution in [0.25, 0.3) is 11.2 Å². The molecule has 0 amide bonds. The molecule has 2 aromatic heterocycles. The van der Waals surface area contributed by atoms with Gasteiger partial charge in [0, 0.05) is 0 Å². The summed E-state index contributed by atoms with van der Waals surface area (Å²) in [6.45, 7) is 4.59. The van der Waals surface area contributed by atoms with Crippen molar-refractivity contribution in [3.63, 3.8) is 0 Å². The second-order valence-corrected chi connectivity index (χ2v) is 6.81. The van der Waals surface area contributed by atoms with Crippen LogP contribution in [-0.2, 0) is 0 Å². The third kappa shape index (κ3) is 2.01. The molecular formula is C16H22N6. The monoisotopic (exact) mass is 298 g/mol. The maximum atomic E-state index is 5.91. The van der Waals surface area contributed by atoms with Gasteiger partial charge in [-0.1, -0.05) is 37.1 Å². The molecule has 0 spiro atoms. The van der Waals surface area contributed by atoms with E-state index in [1.807, 2.05) is 4.68 Å². The molecule has 6 nitrogen and oxygen atoms in total. The van der Waals surface area contributed by atoms with Crippen molar-refractivity contribution in [3.8, 4) is 0 Å². The maximum absolute atomic E-state index is 5.91. The summed E-state index contributed by atoms with van der Waals surface area (Å²) >= 11 is 0. The fraction of sp³-hybridized carbons (Fsp3) is 0.625. The lowest BCUT2D eigenvalue weighted by atomic mass is 9.65. The summed E-state index contributed by atoms with van der Waals surface area (Å²) in [6, 6.07) is 0.336. The largest absolute Gasteiger partial charge is 0.382 e. The first-order valence-corrected chi connectivity index (χ1v) is 8.18. The zero-order valence-electron chi connectivity index (χ0n) is 13.1. The van der Waals surface area contributed by atoms with E-state index in [0.717, 1.165) is 24.4 Å². The Kier molecular flexibility index (Phi) is 3.13. The molecule has 1 fully saturated rings. The van der Waals surface area contributed by atoms with E-state index in [2.05, 4.69) is 40.2 Å². The molecule has 116 valence electrons. The molecule has 0 saturated heterocycles. The normalized spacial score (nSPS) is 31.3. The Bertz CT molecular complexity index is 725. The Hall–Kier alpha value is -1.98. The Balaban J connectivity index is 1.80. The van der Waals surface area contributed by atoms with Gasteiger partial charge in [-0.2, -0.15) is 0 Å². The average Bonchev–Trinajstić information content (AvgIpc) is 2.86. The number of rotatable bonds is 2. The Morgan fingerprint density at radius 3 is 2.91 bits per heavy atom. The first-order valence-electron chi connectivity index (χ1n) is 8.18. The topological polar surface area (TPSA) is 82.5 Å². The van der Waals surface area contributed by atoms with Crippen LogP contribution in [0.4, 0.5) is 5.82 Å². The predicted molar refractivity (Wildman–Crippen MR) is 84.9 cm³/mol. The van der Waals surface area contributed by atoms with E-state index < -0.39 is 0 Å². The fourth-order valence-electron chi connectivity index (χ4n) is 4.28. The smallest absolute Gasteiger partial charge is 0.184 e. The summed E-state index contributed by atoms with van der Waals surface area (Å²) in [4.78, 5) is 8.41. The van der Waals surface area contributed by atoms with Gasteiger partial charge in [0.05, 0.1) is 6.04 Å². The molecule has 2 bridgehead atoms. The zero-order chi connectivity index (χ0) is 15.3. The van der Waals surface area contributed by atoms with Crippen molar-refractivity contribution in [2.45, 2.75) is 45.6 Å². The molecule has 1 saturated carbocycles. The van der Waals surface area contributed by atoms with Gasteiger partial charge in [0.25, 0.3) is 0 Å². The van der Waals surface area contributed by atoms with Crippen molar-refractivity contribution in [2.24, 2.45) is 17.8 Å². The average molecular weight is 298 g/mol. The van der Waals surface area contributed by atoms with E-state index >= 15 is 0 Å². The van der Waals surface area contributed by atoms with Crippen LogP contribution < -0.4 is 5.73 Å². The van der Waals surface area contributed by atoms with E-state index in [4.69, 9.17) is 5.73 Å². The number of hydrogen-bond acceptors (Lipinski definition) is 5. The number of nitrogens with two attached hydrogens (primary N) is 1. The molecule has 0 radical (unpaired) electrons. The van der Waals surface area contributed by atoms with E-state index in [9.17, 15) is 0 Å². The summed E-state index contributed by atoms with van der Waals surface area (Å²) in [5.41, 5.74) is 8.94. The van der Waals surface area contributed by atoms with Crippen molar-refractivity contribution in [2.75, 3.05) is 5.73 Å². The predicted octanol–water partition coefficient (Wildman–Crippen LogP) is 2.75. The number of anilines is 1. The molecule has 3 unspecified atom stereocenters. The summed E-state index contributed by atoms with van der Waals surface area (Å²) < 4.78 is 2.01. The number of fused-ring (bicyclic) bond motifs is 5. The van der Waals surface area contributed by atoms with Crippen LogP contribution in [0.5, 0.6) is 0 Å². The highest BCUT2D eigenvalue weighted by molar-refractivity contribution is 5.80. The van der Waals surface area contributed by atoms with Crippen LogP contribution in [0.2, 0.25) is 0 Å². The third-order valence-electron chi connectivity index (χ3n) is 5.36. The van der Waals surface area contributed by atoms with Gasteiger partial charge >= 0.3 is 0 Å². The fourth-order valence-corrected chi connectivity index (χ4v) is 4.28. The van der Waals surface area contributed by atoms with Crippen molar-refractivity contribution in [1.82, 2.24) is 25.0 Å². The summed E-state index contributed by atoms with van der Waals surface area (Å²) in [5.74, 6) is 2.37. The molecule has 22 heavy (non-hydrogen) atoms. The lowest BCUT2D eigenvalue weighted by Gasteiger charge is -2.43. The minimum Gasteiger partial charge on any atom is -0.382 e. The number of nitrogen functional groups attached to an aromatic ring is 1. The maximum Gasteiger partial charge on any atom is 0.184 e. The highest BCUT2D eigenvalue weighted by atomic mass is 15.5. The van der Waals surface area contributed by atoms with E-state index in [1.165, 1.54) is 19.2 Å². The molecule has 5 rings (SSSR count). The molecule has 0 aromatic carbocycles. The minimum atomic E-state index is 0.336. The lowest BCUT2D eigenvalue weighted by Crippen LogP contribution is -2.35. The number of nitrogens with zero attached hydrogens (tertiary/aromatic N) is 5. The van der Waals surface area contributed by atoms with Crippen LogP contribution in [-0.4, -0.2) is 25.0 Å². The van der Waals surface area contributed by atoms with Gasteiger partial charge in [-0.15, -0.1) is 5.10 Å². The van der Waals surface area contributed by atoms with Gasteiger partial charge < -0.3 is 5.73 Å². The molecule has 3 aliphatic rings. The summed E-state index contributed by atoms with van der Waals surface area (Å²) in [5, 5.41) is 8.63. The zero-order valence-corrected chi connectivity index (χ0v) is 13.1. The number of aromatic nitrogens is 5. The molecule has 0 aliphatic heterocycles. The van der Waals surface area contributed by atoms with Crippen LogP contribution >= 0.6 is 0 Å². The second-order valence-electron chi connectivity index (χ2n) is 6.81. The highest BCUT2D eigenvalue weighted by Gasteiger charge is 2.39. The van der Waals surface area contributed by atoms with Crippen molar-refractivity contribution < 1.29 is 0 Å². The van der Waals surface area contributed by atoms with Gasteiger partial charge in [0.2, 0.25) is 0 Å². The lowest BCUT2D eigenvalue weighted by molar-refractivity contribution is 0.146. The van der Waals surface area contributed by atoms with Crippen LogP contribution in [0.1, 0.15) is 45.6 Å². The molecule has 3 atom stereocenters. The first-order chi connectivity index (χ1) is 10.7. The third-order valence-corrected chi connectivity index (χ3v) is 5.36. The van der Waals surface area contributed by atoms with E-state index in [1.54, 1.807) is 5.57 Å². The van der Waals surface area contributed by atoms with Crippen LogP contribution in [0.15, 0.2) is 18.0 Å². The van der Waals surface area contributed by atoms with Gasteiger partial charge in [0.1, 0.15) is 6.33 Å². The molecule has 6 heteroatoms. The standard InChI is InChI=1S/C16H22N6/c1-3-12-11-6-10(7-11)4-9(2)5-13(12)22-16-14(20-21-22)15(17)18-8-19-16/h4,8-9,11-13H,3,5-7H2,1-2H3,(H2,17,18,19). The van der Waals surface area contributed by atoms with Crippen molar-refractivity contribution in [1.29, 1.82) is 0 Å². The second kappa shape index (κ2) is 5.04. The Morgan fingerprint density at radius 1 is 1.32 bits per heavy atom. The van der Waals surface area contributed by atoms with Crippen molar-refractivity contribution >= 4 is 17.0 Å². The first kappa shape index (κ1) is 13.7. The van der Waals surface area contributed by atoms with E-state index in [0.29, 0.717) is 29.2 Å². The van der Waals surface area contributed by atoms with Gasteiger partial charge in [-0.25, -0.2) is 14.6 Å². The van der Waals surface area contributed by atoms with Gasteiger partial charge in [-0.05, 0) is 37.0 Å². The minimum absolute atomic E-state index is 0.336. The SMILES string of the molecule is CCC1C2CC(=CC(C)CC1n1nnc3c(N)ncnc31)C2. The highest BCUT2D eigenvalue weighted by Crippen LogP contribution is 2.48. The quantitative estimate of drug-likeness (QED) is 0.862. The van der Waals surface area contributed by atoms with Gasteiger partial charge in [-0.3, -0.25) is 0 Å². The Morgan fingerprint density at radius 2 is 2.14 bits per heavy atom. The molecule has 3 aliphatic carbocycles. The van der Waals surface area contributed by atoms with Gasteiger partial charge in [0.15, 0.2) is 17.0 Å². The summed E-state index contributed by atoms with van der Waals surface area (Å²) in [6.07, 6.45) is 8.72.